The van der Waals surface area contributed by atoms with E-state index in [1.165, 1.54) is 0 Å². The molecular formula is C18H20N4O4. The summed E-state index contributed by atoms with van der Waals surface area (Å²) in [7, 11) is 0. The Hall–Kier alpha value is -3.03. The SMILES string of the molecule is Cc1nnc(C(CC(C)C)NC(=O)CN2C(=O)c3ccccc3C2=O)o1. The van der Waals surface area contributed by atoms with Crippen LogP contribution in [0.2, 0.25) is 0 Å². The van der Waals surface area contributed by atoms with Crippen molar-refractivity contribution in [1.82, 2.24) is 20.4 Å². The molecule has 2 heterocycles. The number of imide groups is 1. The minimum atomic E-state index is -0.473. The van der Waals surface area contributed by atoms with Crippen LogP contribution in [0, 0.1) is 12.8 Å². The first-order chi connectivity index (χ1) is 12.4. The van der Waals surface area contributed by atoms with Crippen LogP contribution >= 0.6 is 0 Å². The minimum absolute atomic E-state index is 0.270. The third-order valence-electron chi connectivity index (χ3n) is 4.06. The van der Waals surface area contributed by atoms with E-state index in [2.05, 4.69) is 15.5 Å². The number of aryl methyl sites for hydroxylation is 1. The molecule has 1 aromatic heterocycles. The van der Waals surface area contributed by atoms with Crippen LogP contribution in [0.1, 0.15) is 58.8 Å². The van der Waals surface area contributed by atoms with Crippen molar-refractivity contribution in [3.05, 3.63) is 47.2 Å². The van der Waals surface area contributed by atoms with Crippen molar-refractivity contribution in [1.29, 1.82) is 0 Å². The Kier molecular flexibility index (Phi) is 4.83. The van der Waals surface area contributed by atoms with E-state index in [4.69, 9.17) is 4.42 Å². The Morgan fingerprint density at radius 1 is 1.15 bits per heavy atom. The van der Waals surface area contributed by atoms with E-state index in [-0.39, 0.29) is 12.5 Å². The molecule has 1 atom stereocenters. The molecule has 1 unspecified atom stereocenters. The van der Waals surface area contributed by atoms with Crippen molar-refractivity contribution in [3.63, 3.8) is 0 Å². The fourth-order valence-corrected chi connectivity index (χ4v) is 2.91. The molecule has 136 valence electrons. The molecule has 3 rings (SSSR count). The zero-order valence-corrected chi connectivity index (χ0v) is 14.9. The van der Waals surface area contributed by atoms with E-state index >= 15 is 0 Å². The summed E-state index contributed by atoms with van der Waals surface area (Å²) in [5, 5.41) is 10.5. The number of nitrogens with one attached hydrogen (secondary N) is 1. The highest BCUT2D eigenvalue weighted by Crippen LogP contribution is 2.23. The topological polar surface area (TPSA) is 105 Å². The maximum absolute atomic E-state index is 12.5. The van der Waals surface area contributed by atoms with Crippen molar-refractivity contribution in [3.8, 4) is 0 Å². The quantitative estimate of drug-likeness (QED) is 0.792. The van der Waals surface area contributed by atoms with Crippen LogP contribution in [-0.4, -0.2) is 39.4 Å². The van der Waals surface area contributed by atoms with Crippen molar-refractivity contribution in [2.75, 3.05) is 6.54 Å². The second-order valence-corrected chi connectivity index (χ2v) is 6.65. The molecule has 0 bridgehead atoms. The van der Waals surface area contributed by atoms with Crippen molar-refractivity contribution < 1.29 is 18.8 Å². The van der Waals surface area contributed by atoms with Gasteiger partial charge in [-0.2, -0.15) is 0 Å². The normalized spacial score (nSPS) is 14.7. The fourth-order valence-electron chi connectivity index (χ4n) is 2.91. The van der Waals surface area contributed by atoms with Gasteiger partial charge in [0.25, 0.3) is 11.8 Å². The van der Waals surface area contributed by atoms with Crippen LogP contribution in [0.4, 0.5) is 0 Å². The number of rotatable bonds is 6. The van der Waals surface area contributed by atoms with Gasteiger partial charge in [0.1, 0.15) is 12.6 Å². The molecule has 0 saturated carbocycles. The van der Waals surface area contributed by atoms with E-state index < -0.39 is 23.8 Å². The van der Waals surface area contributed by atoms with Crippen LogP contribution in [0.25, 0.3) is 0 Å². The van der Waals surface area contributed by atoms with E-state index in [9.17, 15) is 14.4 Å². The lowest BCUT2D eigenvalue weighted by Crippen LogP contribution is -2.41. The van der Waals surface area contributed by atoms with Crippen LogP contribution in [0.3, 0.4) is 0 Å². The van der Waals surface area contributed by atoms with Gasteiger partial charge in [-0.1, -0.05) is 26.0 Å². The zero-order chi connectivity index (χ0) is 18.8. The van der Waals surface area contributed by atoms with Gasteiger partial charge in [0, 0.05) is 6.92 Å². The van der Waals surface area contributed by atoms with Gasteiger partial charge in [-0.05, 0) is 24.5 Å². The van der Waals surface area contributed by atoms with Gasteiger partial charge in [-0.3, -0.25) is 19.3 Å². The number of aromatic nitrogens is 2. The van der Waals surface area contributed by atoms with Gasteiger partial charge >= 0.3 is 0 Å². The number of carbonyl (C=O) groups is 3. The number of carbonyl (C=O) groups excluding carboxylic acids is 3. The van der Waals surface area contributed by atoms with Gasteiger partial charge in [0.05, 0.1) is 11.1 Å². The molecule has 1 aromatic carbocycles. The van der Waals surface area contributed by atoms with E-state index in [0.717, 1.165) is 4.90 Å². The number of amides is 3. The lowest BCUT2D eigenvalue weighted by atomic mass is 10.0. The highest BCUT2D eigenvalue weighted by molar-refractivity contribution is 6.22. The average Bonchev–Trinajstić information content (AvgIpc) is 3.12. The molecule has 2 aromatic rings. The summed E-state index contributed by atoms with van der Waals surface area (Å²) in [5.41, 5.74) is 0.633. The van der Waals surface area contributed by atoms with Gasteiger partial charge in [0.15, 0.2) is 0 Å². The number of hydrogen-bond donors (Lipinski definition) is 1. The number of fused-ring (bicyclic) bond motifs is 1. The third-order valence-corrected chi connectivity index (χ3v) is 4.06. The first-order valence-corrected chi connectivity index (χ1v) is 8.41. The summed E-state index contributed by atoms with van der Waals surface area (Å²) >= 11 is 0. The summed E-state index contributed by atoms with van der Waals surface area (Å²) in [6, 6.07) is 6.06. The third kappa shape index (κ3) is 3.49. The monoisotopic (exact) mass is 356 g/mol. The molecule has 26 heavy (non-hydrogen) atoms. The first kappa shape index (κ1) is 17.8. The van der Waals surface area contributed by atoms with E-state index in [1.54, 1.807) is 31.2 Å². The molecule has 0 aliphatic carbocycles. The Morgan fingerprint density at radius 2 is 1.77 bits per heavy atom. The number of hydrogen-bond acceptors (Lipinski definition) is 6. The maximum Gasteiger partial charge on any atom is 0.262 e. The van der Waals surface area contributed by atoms with Gasteiger partial charge in [-0.15, -0.1) is 10.2 Å². The van der Waals surface area contributed by atoms with Gasteiger partial charge in [0.2, 0.25) is 17.7 Å². The Labute approximate surface area is 150 Å². The van der Waals surface area contributed by atoms with Crippen LogP contribution in [0.5, 0.6) is 0 Å². The van der Waals surface area contributed by atoms with Gasteiger partial charge in [-0.25, -0.2) is 0 Å². The summed E-state index contributed by atoms with van der Waals surface area (Å²) in [4.78, 5) is 38.1. The molecule has 8 heteroatoms. The molecule has 0 spiro atoms. The Bertz CT molecular complexity index is 823. The summed E-state index contributed by atoms with van der Waals surface area (Å²) in [5.74, 6) is -0.396. The minimum Gasteiger partial charge on any atom is -0.423 e. The van der Waals surface area contributed by atoms with E-state index in [0.29, 0.717) is 29.3 Å². The summed E-state index contributed by atoms with van der Waals surface area (Å²) < 4.78 is 5.43. The van der Waals surface area contributed by atoms with E-state index in [1.807, 2.05) is 13.8 Å². The Morgan fingerprint density at radius 3 is 2.27 bits per heavy atom. The highest BCUT2D eigenvalue weighted by atomic mass is 16.4. The van der Waals surface area contributed by atoms with Crippen LogP contribution in [-0.2, 0) is 4.79 Å². The largest absolute Gasteiger partial charge is 0.423 e. The molecule has 0 fully saturated rings. The molecule has 1 aliphatic heterocycles. The molecule has 0 radical (unpaired) electrons. The number of nitrogens with zero attached hydrogens (tertiary/aromatic N) is 3. The zero-order valence-electron chi connectivity index (χ0n) is 14.9. The fraction of sp³-hybridized carbons (Fsp3) is 0.389. The molecule has 8 nitrogen and oxygen atoms in total. The van der Waals surface area contributed by atoms with Gasteiger partial charge < -0.3 is 9.73 Å². The lowest BCUT2D eigenvalue weighted by molar-refractivity contribution is -0.122. The molecule has 3 amide bonds. The maximum atomic E-state index is 12.5. The molecule has 1 N–H and O–H groups in total. The summed E-state index contributed by atoms with van der Waals surface area (Å²) in [6.45, 7) is 5.33. The predicted octanol–water partition coefficient (Wildman–Crippen LogP) is 1.88. The molecule has 0 saturated heterocycles. The number of benzene rings is 1. The predicted molar refractivity (Wildman–Crippen MR) is 91.2 cm³/mol. The van der Waals surface area contributed by atoms with Crippen molar-refractivity contribution in [2.45, 2.75) is 33.2 Å². The van der Waals surface area contributed by atoms with Crippen LogP contribution in [0.15, 0.2) is 28.7 Å². The van der Waals surface area contributed by atoms with Crippen LogP contribution < -0.4 is 5.32 Å². The lowest BCUT2D eigenvalue weighted by Gasteiger charge is -2.19. The highest BCUT2D eigenvalue weighted by Gasteiger charge is 2.36. The first-order valence-electron chi connectivity index (χ1n) is 8.41. The molecular weight excluding hydrogens is 336 g/mol. The summed E-state index contributed by atoms with van der Waals surface area (Å²) in [6.07, 6.45) is 0.593. The smallest absolute Gasteiger partial charge is 0.262 e. The second-order valence-electron chi connectivity index (χ2n) is 6.65. The van der Waals surface area contributed by atoms with Crippen molar-refractivity contribution >= 4 is 17.7 Å². The average molecular weight is 356 g/mol. The molecule has 1 aliphatic rings. The second kappa shape index (κ2) is 7.07. The standard InChI is InChI=1S/C18H20N4O4/c1-10(2)8-14(16-21-20-11(3)26-16)19-15(23)9-22-17(24)12-6-4-5-7-13(12)18(22)25/h4-7,10,14H,8-9H2,1-3H3,(H,19,23). The Balaban J connectivity index is 1.71. The van der Waals surface area contributed by atoms with Crippen molar-refractivity contribution in [2.24, 2.45) is 5.92 Å².